The van der Waals surface area contributed by atoms with Crippen LogP contribution >= 0.6 is 7.82 Å². The Kier molecular flexibility index (Phi) is 33.8. The molecule has 0 heterocycles. The molecule has 6 unspecified atom stereocenters. The summed E-state index contributed by atoms with van der Waals surface area (Å²) in [6.45, 7) is 4.03. The van der Waals surface area contributed by atoms with Crippen LogP contribution < -0.4 is 0 Å². The number of ether oxygens (including phenoxy) is 2. The first kappa shape index (κ1) is 54.8. The Labute approximate surface area is 355 Å². The standard InChI is InChI=1S/C46H79O12P/c1-3-5-7-9-11-13-14-15-16-17-18-19-20-21-22-23-24-25-26-27-28-30-32-34-36-55-37-39(57-40(47)35-33-31-29-12-10-8-6-4-2)38-56-59(53,54)58-46-44(51)42(49)41(48)43(50)45(46)52/h5,7,11,13,15-16,18-19,21-22,24-25,39,41-46,48-52H,3-4,6,8-10,12,14,17,20,23,26-38H2,1-2H3,(H,53,54)/b7-5-,13-11-,16-15-,19-18-,22-21-,25-24-. The number of esters is 1. The van der Waals surface area contributed by atoms with Gasteiger partial charge in [-0.05, 0) is 64.2 Å². The van der Waals surface area contributed by atoms with Gasteiger partial charge in [-0.3, -0.25) is 13.8 Å². The molecule has 1 aliphatic carbocycles. The highest BCUT2D eigenvalue weighted by molar-refractivity contribution is 7.47. The summed E-state index contributed by atoms with van der Waals surface area (Å²) in [5, 5.41) is 50.0. The van der Waals surface area contributed by atoms with Gasteiger partial charge in [-0.2, -0.15) is 0 Å². The average Bonchev–Trinajstić information content (AvgIpc) is 3.22. The van der Waals surface area contributed by atoms with Crippen molar-refractivity contribution in [2.75, 3.05) is 19.8 Å². The lowest BCUT2D eigenvalue weighted by Gasteiger charge is -2.41. The van der Waals surface area contributed by atoms with Crippen LogP contribution in [0, 0.1) is 0 Å². The van der Waals surface area contributed by atoms with Crippen molar-refractivity contribution in [3.63, 3.8) is 0 Å². The SMILES string of the molecule is CC/C=C\C/C=C\C/C=C\C/C=C\C/C=C\C/C=C\CCCCCCCOCC(COP(=O)(O)OC1C(O)C(O)C(O)C(O)C1O)OC(=O)CCCCCCCCCC. The minimum atomic E-state index is -5.02. The average molecular weight is 855 g/mol. The van der Waals surface area contributed by atoms with Gasteiger partial charge in [-0.1, -0.05) is 151 Å². The summed E-state index contributed by atoms with van der Waals surface area (Å²) in [6, 6.07) is 0. The fourth-order valence-electron chi connectivity index (χ4n) is 6.30. The fourth-order valence-corrected chi connectivity index (χ4v) is 7.27. The largest absolute Gasteiger partial charge is 0.472 e. The van der Waals surface area contributed by atoms with Gasteiger partial charge in [-0.25, -0.2) is 4.57 Å². The number of carbonyl (C=O) groups is 1. The van der Waals surface area contributed by atoms with E-state index in [9.17, 15) is 39.8 Å². The van der Waals surface area contributed by atoms with E-state index < -0.39 is 63.1 Å². The van der Waals surface area contributed by atoms with Gasteiger partial charge in [0.15, 0.2) is 0 Å². The minimum absolute atomic E-state index is 0.0931. The maximum atomic E-state index is 12.8. The lowest BCUT2D eigenvalue weighted by molar-refractivity contribution is -0.220. The number of aliphatic hydroxyl groups excluding tert-OH is 5. The molecule has 6 N–H and O–H groups in total. The number of carbonyl (C=O) groups excluding carboxylic acids is 1. The van der Waals surface area contributed by atoms with Crippen LogP contribution in [0.15, 0.2) is 72.9 Å². The van der Waals surface area contributed by atoms with Crippen LogP contribution in [0.3, 0.4) is 0 Å². The van der Waals surface area contributed by atoms with Crippen LogP contribution in [-0.4, -0.2) is 98.9 Å². The van der Waals surface area contributed by atoms with Crippen molar-refractivity contribution in [2.24, 2.45) is 0 Å². The maximum absolute atomic E-state index is 12.8. The molecular formula is C46H79O12P. The third-order valence-corrected chi connectivity index (χ3v) is 10.8. The molecule has 0 amide bonds. The van der Waals surface area contributed by atoms with Crippen molar-refractivity contribution in [2.45, 2.75) is 191 Å². The number of phosphoric acid groups is 1. The third-order valence-electron chi connectivity index (χ3n) is 9.84. The van der Waals surface area contributed by atoms with Gasteiger partial charge in [0.05, 0.1) is 13.2 Å². The van der Waals surface area contributed by atoms with Gasteiger partial charge in [0, 0.05) is 13.0 Å². The van der Waals surface area contributed by atoms with E-state index in [0.29, 0.717) is 13.0 Å². The Bertz CT molecular complexity index is 1250. The summed E-state index contributed by atoms with van der Waals surface area (Å²) in [7, 11) is -5.02. The zero-order valence-electron chi connectivity index (χ0n) is 36.0. The third kappa shape index (κ3) is 28.9. The van der Waals surface area contributed by atoms with Crippen LogP contribution in [0.4, 0.5) is 0 Å². The number of aliphatic hydroxyl groups is 5. The Morgan fingerprint density at radius 1 is 0.559 bits per heavy atom. The molecule has 1 saturated carbocycles. The molecule has 340 valence electrons. The van der Waals surface area contributed by atoms with E-state index in [0.717, 1.165) is 96.3 Å². The molecule has 0 spiro atoms. The summed E-state index contributed by atoms with van der Waals surface area (Å²) >= 11 is 0. The maximum Gasteiger partial charge on any atom is 0.472 e. The molecule has 0 saturated heterocycles. The lowest BCUT2D eigenvalue weighted by atomic mass is 9.85. The highest BCUT2D eigenvalue weighted by Crippen LogP contribution is 2.47. The highest BCUT2D eigenvalue weighted by atomic mass is 31.2. The number of phosphoric ester groups is 1. The summed E-state index contributed by atoms with van der Waals surface area (Å²) in [5.74, 6) is -0.493. The second kappa shape index (κ2) is 36.4. The Morgan fingerprint density at radius 2 is 1.00 bits per heavy atom. The van der Waals surface area contributed by atoms with E-state index >= 15 is 0 Å². The summed E-state index contributed by atoms with van der Waals surface area (Å²) in [4.78, 5) is 23.0. The first-order chi connectivity index (χ1) is 28.5. The van der Waals surface area contributed by atoms with E-state index in [4.69, 9.17) is 18.5 Å². The van der Waals surface area contributed by atoms with Crippen LogP contribution in [0.1, 0.15) is 149 Å². The molecule has 0 aromatic rings. The molecule has 0 radical (unpaired) electrons. The second-order valence-electron chi connectivity index (χ2n) is 15.2. The highest BCUT2D eigenvalue weighted by Gasteiger charge is 2.51. The smallest absolute Gasteiger partial charge is 0.457 e. The Balaban J connectivity index is 2.34. The molecule has 1 aliphatic rings. The predicted octanol–water partition coefficient (Wildman–Crippen LogP) is 8.80. The number of allylic oxidation sites excluding steroid dienone is 12. The quantitative estimate of drug-likeness (QED) is 0.0152. The molecule has 1 fully saturated rings. The Morgan fingerprint density at radius 3 is 1.53 bits per heavy atom. The molecule has 0 bridgehead atoms. The molecule has 0 aromatic carbocycles. The van der Waals surface area contributed by atoms with Crippen molar-refractivity contribution in [1.82, 2.24) is 0 Å². The molecule has 0 aliphatic heterocycles. The molecule has 1 rings (SSSR count). The monoisotopic (exact) mass is 855 g/mol. The zero-order chi connectivity index (χ0) is 43.4. The van der Waals surface area contributed by atoms with Gasteiger partial charge in [0.25, 0.3) is 0 Å². The molecular weight excluding hydrogens is 775 g/mol. The number of hydrogen-bond acceptors (Lipinski definition) is 11. The number of hydrogen-bond donors (Lipinski definition) is 6. The molecule has 59 heavy (non-hydrogen) atoms. The van der Waals surface area contributed by atoms with E-state index in [1.165, 1.54) is 25.7 Å². The summed E-state index contributed by atoms with van der Waals surface area (Å²) < 4.78 is 34.0. The van der Waals surface area contributed by atoms with E-state index in [1.54, 1.807) is 0 Å². The lowest BCUT2D eigenvalue weighted by Crippen LogP contribution is -2.64. The van der Waals surface area contributed by atoms with Crippen LogP contribution in [0.25, 0.3) is 0 Å². The van der Waals surface area contributed by atoms with Crippen LogP contribution in [0.2, 0.25) is 0 Å². The van der Waals surface area contributed by atoms with Crippen LogP contribution in [0.5, 0.6) is 0 Å². The van der Waals surface area contributed by atoms with Gasteiger partial charge >= 0.3 is 13.8 Å². The molecule has 12 nitrogen and oxygen atoms in total. The van der Waals surface area contributed by atoms with E-state index in [1.807, 2.05) is 0 Å². The van der Waals surface area contributed by atoms with E-state index in [2.05, 4.69) is 86.8 Å². The number of unbranched alkanes of at least 4 members (excludes halogenated alkanes) is 12. The van der Waals surface area contributed by atoms with Gasteiger partial charge < -0.3 is 39.9 Å². The van der Waals surface area contributed by atoms with Crippen LogP contribution in [-0.2, 0) is 27.9 Å². The van der Waals surface area contributed by atoms with Crippen molar-refractivity contribution in [3.8, 4) is 0 Å². The van der Waals surface area contributed by atoms with Crippen molar-refractivity contribution < 1.29 is 58.3 Å². The first-order valence-electron chi connectivity index (χ1n) is 22.3. The number of rotatable bonds is 36. The fraction of sp³-hybridized carbons (Fsp3) is 0.717. The minimum Gasteiger partial charge on any atom is -0.457 e. The zero-order valence-corrected chi connectivity index (χ0v) is 36.9. The summed E-state index contributed by atoms with van der Waals surface area (Å²) in [6.07, 6.45) is 34.3. The second-order valence-corrected chi connectivity index (χ2v) is 16.6. The van der Waals surface area contributed by atoms with Crippen molar-refractivity contribution >= 4 is 13.8 Å². The first-order valence-corrected chi connectivity index (χ1v) is 23.8. The van der Waals surface area contributed by atoms with Gasteiger partial charge in [-0.15, -0.1) is 0 Å². The summed E-state index contributed by atoms with van der Waals surface area (Å²) in [5.41, 5.74) is 0. The van der Waals surface area contributed by atoms with Crippen molar-refractivity contribution in [1.29, 1.82) is 0 Å². The normalized spacial score (nSPS) is 23.2. The van der Waals surface area contributed by atoms with Gasteiger partial charge in [0.1, 0.15) is 42.7 Å². The Hall–Kier alpha value is -2.22. The van der Waals surface area contributed by atoms with Gasteiger partial charge in [0.2, 0.25) is 0 Å². The van der Waals surface area contributed by atoms with E-state index in [-0.39, 0.29) is 13.0 Å². The molecule has 0 aromatic heterocycles. The molecule has 13 heteroatoms. The van der Waals surface area contributed by atoms with Crippen molar-refractivity contribution in [3.05, 3.63) is 72.9 Å². The molecule has 6 atom stereocenters. The topological polar surface area (TPSA) is 192 Å². The predicted molar refractivity (Wildman–Crippen MR) is 235 cm³/mol.